The minimum atomic E-state index is 1.16. The van der Waals surface area contributed by atoms with E-state index in [0.717, 1.165) is 6.42 Å². The minimum Gasteiger partial charge on any atom is -0.0683 e. The van der Waals surface area contributed by atoms with E-state index in [4.69, 9.17) is 0 Å². The molecule has 0 saturated heterocycles. The van der Waals surface area contributed by atoms with Gasteiger partial charge in [0.15, 0.2) is 0 Å². The summed E-state index contributed by atoms with van der Waals surface area (Å²) in [7, 11) is 0. The summed E-state index contributed by atoms with van der Waals surface area (Å²) < 4.78 is 0. The third-order valence-corrected chi connectivity index (χ3v) is 2.91. The highest BCUT2D eigenvalue weighted by Crippen LogP contribution is 2.29. The van der Waals surface area contributed by atoms with E-state index in [1.54, 1.807) is 11.1 Å². The van der Waals surface area contributed by atoms with Crippen LogP contribution < -0.4 is 0 Å². The van der Waals surface area contributed by atoms with Crippen LogP contribution in [0.4, 0.5) is 0 Å². The molecular formula is C13H16. The Labute approximate surface area is 80.3 Å². The summed E-state index contributed by atoms with van der Waals surface area (Å²) >= 11 is 0. The first-order valence-corrected chi connectivity index (χ1v) is 5.01. The molecule has 0 heterocycles. The number of fused-ring (bicyclic) bond motifs is 1. The zero-order valence-corrected chi connectivity index (χ0v) is 8.65. The quantitative estimate of drug-likeness (QED) is 0.608. The van der Waals surface area contributed by atoms with Crippen LogP contribution in [0.5, 0.6) is 0 Å². The molecule has 68 valence electrons. The van der Waals surface area contributed by atoms with Gasteiger partial charge in [0.2, 0.25) is 0 Å². The smallest absolute Gasteiger partial charge is 0.00578 e. The number of rotatable bonds is 1. The Kier molecular flexibility index (Phi) is 1.99. The number of hydrogen-bond acceptors (Lipinski definition) is 0. The molecule has 0 heteroatoms. The van der Waals surface area contributed by atoms with Crippen molar-refractivity contribution in [1.82, 2.24) is 0 Å². The van der Waals surface area contributed by atoms with Crippen molar-refractivity contribution >= 4 is 6.08 Å². The second-order valence-corrected chi connectivity index (χ2v) is 3.95. The van der Waals surface area contributed by atoms with Crippen LogP contribution in [0.1, 0.15) is 36.1 Å². The van der Waals surface area contributed by atoms with Crippen LogP contribution in [-0.2, 0) is 12.8 Å². The fraction of sp³-hybridized carbons (Fsp3) is 0.385. The molecule has 0 saturated carbocycles. The predicted octanol–water partition coefficient (Wildman–Crippen LogP) is 3.52. The molecule has 1 aromatic rings. The van der Waals surface area contributed by atoms with E-state index in [2.05, 4.69) is 39.0 Å². The standard InChI is InChI=1S/C13H16/c1-4-12-10(3)5-6-11-7-9(2)8-13(11)12/h5-7H,4,8H2,1-3H3. The molecule has 2 rings (SSSR count). The molecule has 0 aliphatic heterocycles. The van der Waals surface area contributed by atoms with Crippen LogP contribution in [0.25, 0.3) is 6.08 Å². The second-order valence-electron chi connectivity index (χ2n) is 3.95. The van der Waals surface area contributed by atoms with Gasteiger partial charge >= 0.3 is 0 Å². The molecular weight excluding hydrogens is 156 g/mol. The summed E-state index contributed by atoms with van der Waals surface area (Å²) in [5.74, 6) is 0. The lowest BCUT2D eigenvalue weighted by atomic mass is 9.96. The van der Waals surface area contributed by atoms with E-state index in [1.807, 2.05) is 0 Å². The van der Waals surface area contributed by atoms with Crippen molar-refractivity contribution in [1.29, 1.82) is 0 Å². The summed E-state index contributed by atoms with van der Waals surface area (Å²) in [4.78, 5) is 0. The van der Waals surface area contributed by atoms with Crippen LogP contribution in [0.15, 0.2) is 17.7 Å². The van der Waals surface area contributed by atoms with Gasteiger partial charge in [0, 0.05) is 0 Å². The highest BCUT2D eigenvalue weighted by molar-refractivity contribution is 5.66. The molecule has 0 radical (unpaired) electrons. The molecule has 0 spiro atoms. The predicted molar refractivity (Wildman–Crippen MR) is 57.9 cm³/mol. The molecule has 0 aromatic heterocycles. The minimum absolute atomic E-state index is 1.16. The summed E-state index contributed by atoms with van der Waals surface area (Å²) in [6.07, 6.45) is 4.64. The molecule has 0 N–H and O–H groups in total. The van der Waals surface area contributed by atoms with E-state index >= 15 is 0 Å². The van der Waals surface area contributed by atoms with E-state index in [1.165, 1.54) is 23.1 Å². The SMILES string of the molecule is CCc1c(C)ccc2c1CC(C)=C2. The van der Waals surface area contributed by atoms with Crippen molar-refractivity contribution in [3.8, 4) is 0 Å². The van der Waals surface area contributed by atoms with E-state index in [0.29, 0.717) is 0 Å². The summed E-state index contributed by atoms with van der Waals surface area (Å²) in [5.41, 5.74) is 7.52. The largest absolute Gasteiger partial charge is 0.0683 e. The van der Waals surface area contributed by atoms with Crippen LogP contribution in [-0.4, -0.2) is 0 Å². The van der Waals surface area contributed by atoms with Crippen LogP contribution >= 0.6 is 0 Å². The van der Waals surface area contributed by atoms with Gasteiger partial charge in [0.05, 0.1) is 0 Å². The van der Waals surface area contributed by atoms with Crippen molar-refractivity contribution in [2.24, 2.45) is 0 Å². The van der Waals surface area contributed by atoms with Crippen molar-refractivity contribution in [3.63, 3.8) is 0 Å². The first-order valence-electron chi connectivity index (χ1n) is 5.01. The number of aryl methyl sites for hydroxylation is 1. The molecule has 0 unspecified atom stereocenters. The number of benzene rings is 1. The zero-order chi connectivity index (χ0) is 9.42. The van der Waals surface area contributed by atoms with Crippen molar-refractivity contribution in [2.75, 3.05) is 0 Å². The maximum atomic E-state index is 2.31. The van der Waals surface area contributed by atoms with Gasteiger partial charge in [-0.05, 0) is 48.9 Å². The van der Waals surface area contributed by atoms with Crippen LogP contribution in [0, 0.1) is 6.92 Å². The average Bonchev–Trinajstić information content (AvgIpc) is 2.45. The molecule has 0 nitrogen and oxygen atoms in total. The molecule has 0 amide bonds. The molecule has 1 aromatic carbocycles. The summed E-state index contributed by atoms with van der Waals surface area (Å²) in [5, 5.41) is 0. The van der Waals surface area contributed by atoms with E-state index in [-0.39, 0.29) is 0 Å². The Bertz CT molecular complexity index is 370. The lowest BCUT2D eigenvalue weighted by Gasteiger charge is -2.09. The highest BCUT2D eigenvalue weighted by Gasteiger charge is 2.13. The lowest BCUT2D eigenvalue weighted by molar-refractivity contribution is 1.04. The van der Waals surface area contributed by atoms with Crippen molar-refractivity contribution < 1.29 is 0 Å². The lowest BCUT2D eigenvalue weighted by Crippen LogP contribution is -1.95. The fourth-order valence-electron chi connectivity index (χ4n) is 2.26. The van der Waals surface area contributed by atoms with Gasteiger partial charge in [0.1, 0.15) is 0 Å². The van der Waals surface area contributed by atoms with Gasteiger partial charge < -0.3 is 0 Å². The van der Waals surface area contributed by atoms with Gasteiger partial charge in [-0.2, -0.15) is 0 Å². The maximum Gasteiger partial charge on any atom is -0.00578 e. The van der Waals surface area contributed by atoms with Gasteiger partial charge in [-0.15, -0.1) is 0 Å². The molecule has 0 fully saturated rings. The van der Waals surface area contributed by atoms with E-state index in [9.17, 15) is 0 Å². The topological polar surface area (TPSA) is 0 Å². The van der Waals surface area contributed by atoms with Crippen LogP contribution in [0.3, 0.4) is 0 Å². The Morgan fingerprint density at radius 2 is 2.00 bits per heavy atom. The highest BCUT2D eigenvalue weighted by atomic mass is 14.2. The molecule has 13 heavy (non-hydrogen) atoms. The number of hydrogen-bond donors (Lipinski definition) is 0. The Balaban J connectivity index is 2.57. The zero-order valence-electron chi connectivity index (χ0n) is 8.65. The van der Waals surface area contributed by atoms with E-state index < -0.39 is 0 Å². The third kappa shape index (κ3) is 1.31. The Morgan fingerprint density at radius 3 is 2.69 bits per heavy atom. The van der Waals surface area contributed by atoms with Gasteiger partial charge in [-0.3, -0.25) is 0 Å². The van der Waals surface area contributed by atoms with Crippen molar-refractivity contribution in [2.45, 2.75) is 33.6 Å². The molecule has 0 atom stereocenters. The molecule has 0 bridgehead atoms. The number of allylic oxidation sites excluding steroid dienone is 1. The van der Waals surface area contributed by atoms with Gasteiger partial charge in [0.25, 0.3) is 0 Å². The summed E-state index contributed by atoms with van der Waals surface area (Å²) in [6, 6.07) is 4.49. The molecule has 1 aliphatic rings. The normalized spacial score (nSPS) is 14.2. The first-order chi connectivity index (χ1) is 6.22. The average molecular weight is 172 g/mol. The van der Waals surface area contributed by atoms with Crippen molar-refractivity contribution in [3.05, 3.63) is 40.0 Å². The Morgan fingerprint density at radius 1 is 1.23 bits per heavy atom. The monoisotopic (exact) mass is 172 g/mol. The summed E-state index contributed by atoms with van der Waals surface area (Å²) in [6.45, 7) is 6.68. The third-order valence-electron chi connectivity index (χ3n) is 2.91. The second kappa shape index (κ2) is 3.02. The van der Waals surface area contributed by atoms with Gasteiger partial charge in [-0.25, -0.2) is 0 Å². The van der Waals surface area contributed by atoms with Gasteiger partial charge in [-0.1, -0.05) is 30.7 Å². The molecule has 1 aliphatic carbocycles. The van der Waals surface area contributed by atoms with Crippen LogP contribution in [0.2, 0.25) is 0 Å². The fourth-order valence-corrected chi connectivity index (χ4v) is 2.26. The Hall–Kier alpha value is -1.04. The maximum absolute atomic E-state index is 2.31. The first kappa shape index (κ1) is 8.55.